The van der Waals surface area contributed by atoms with E-state index in [-0.39, 0.29) is 5.97 Å². The van der Waals surface area contributed by atoms with E-state index in [0.717, 1.165) is 10.9 Å². The van der Waals surface area contributed by atoms with Crippen LogP contribution in [0.5, 0.6) is 0 Å². The van der Waals surface area contributed by atoms with Crippen LogP contribution in [0.15, 0.2) is 59.1 Å². The van der Waals surface area contributed by atoms with Gasteiger partial charge in [0.2, 0.25) is 0 Å². The van der Waals surface area contributed by atoms with Crippen LogP contribution in [-0.4, -0.2) is 12.6 Å². The molecular weight excluding hydrogens is 292 g/mol. The van der Waals surface area contributed by atoms with E-state index in [0.29, 0.717) is 12.2 Å². The highest BCUT2D eigenvalue weighted by Crippen LogP contribution is 2.11. The molecule has 0 aliphatic heterocycles. The van der Waals surface area contributed by atoms with Crippen molar-refractivity contribution in [2.45, 2.75) is 6.42 Å². The van der Waals surface area contributed by atoms with Crippen LogP contribution in [0.1, 0.15) is 15.9 Å². The van der Waals surface area contributed by atoms with Gasteiger partial charge in [0.05, 0.1) is 12.2 Å². The maximum atomic E-state index is 11.7. The van der Waals surface area contributed by atoms with Gasteiger partial charge in [0.1, 0.15) is 0 Å². The van der Waals surface area contributed by atoms with Gasteiger partial charge in [-0.15, -0.1) is 0 Å². The molecule has 2 aromatic rings. The number of carbonyl (C=O) groups is 1. The van der Waals surface area contributed by atoms with Crippen LogP contribution in [-0.2, 0) is 11.2 Å². The Balaban J connectivity index is 1.84. The second-order valence-corrected chi connectivity index (χ2v) is 4.79. The Kier molecular flexibility index (Phi) is 4.53. The quantitative estimate of drug-likeness (QED) is 0.802. The third-order valence-corrected chi connectivity index (χ3v) is 3.08. The zero-order valence-electron chi connectivity index (χ0n) is 9.80. The molecule has 0 atom stereocenters. The molecule has 0 amide bonds. The van der Waals surface area contributed by atoms with Crippen molar-refractivity contribution < 1.29 is 9.53 Å². The van der Waals surface area contributed by atoms with Crippen LogP contribution in [0.3, 0.4) is 0 Å². The van der Waals surface area contributed by atoms with E-state index in [1.165, 1.54) is 5.56 Å². The minimum absolute atomic E-state index is 0.279. The van der Waals surface area contributed by atoms with Crippen LogP contribution >= 0.6 is 15.9 Å². The van der Waals surface area contributed by atoms with Gasteiger partial charge in [0, 0.05) is 10.9 Å². The predicted octanol–water partition coefficient (Wildman–Crippen LogP) is 3.85. The van der Waals surface area contributed by atoms with Gasteiger partial charge in [-0.1, -0.05) is 46.3 Å². The molecule has 0 radical (unpaired) electrons. The molecule has 0 saturated carbocycles. The molecule has 0 saturated heterocycles. The highest BCUT2D eigenvalue weighted by molar-refractivity contribution is 9.10. The average molecular weight is 305 g/mol. The summed E-state index contributed by atoms with van der Waals surface area (Å²) >= 11 is 3.33. The Labute approximate surface area is 115 Å². The van der Waals surface area contributed by atoms with E-state index in [4.69, 9.17) is 4.74 Å². The third kappa shape index (κ3) is 3.70. The number of rotatable bonds is 4. The lowest BCUT2D eigenvalue weighted by molar-refractivity contribution is 0.0509. The molecule has 0 heterocycles. The van der Waals surface area contributed by atoms with Gasteiger partial charge in [-0.05, 0) is 29.8 Å². The van der Waals surface area contributed by atoms with Crippen molar-refractivity contribution in [3.8, 4) is 0 Å². The molecule has 0 N–H and O–H groups in total. The highest BCUT2D eigenvalue weighted by atomic mass is 79.9. The molecule has 3 heteroatoms. The fourth-order valence-electron chi connectivity index (χ4n) is 1.58. The van der Waals surface area contributed by atoms with E-state index >= 15 is 0 Å². The number of hydrogen-bond acceptors (Lipinski definition) is 2. The summed E-state index contributed by atoms with van der Waals surface area (Å²) in [6.07, 6.45) is 0.739. The molecule has 92 valence electrons. The summed E-state index contributed by atoms with van der Waals surface area (Å²) in [7, 11) is 0. The molecule has 18 heavy (non-hydrogen) atoms. The molecule has 0 spiro atoms. The normalized spacial score (nSPS) is 10.1. The fourth-order valence-corrected chi connectivity index (χ4v) is 1.84. The number of esters is 1. The second-order valence-electron chi connectivity index (χ2n) is 3.88. The van der Waals surface area contributed by atoms with Gasteiger partial charge in [0.25, 0.3) is 0 Å². The summed E-state index contributed by atoms with van der Waals surface area (Å²) in [5.74, 6) is -0.279. The first kappa shape index (κ1) is 12.8. The molecule has 0 aliphatic carbocycles. The van der Waals surface area contributed by atoms with Crippen molar-refractivity contribution in [1.82, 2.24) is 0 Å². The first-order valence-corrected chi connectivity index (χ1v) is 6.51. The molecule has 0 aromatic heterocycles. The summed E-state index contributed by atoms with van der Waals surface area (Å²) < 4.78 is 6.17. The average Bonchev–Trinajstić information content (AvgIpc) is 2.40. The van der Waals surface area contributed by atoms with Crippen molar-refractivity contribution in [1.29, 1.82) is 0 Å². The molecule has 0 fully saturated rings. The Morgan fingerprint density at radius 2 is 1.67 bits per heavy atom. The summed E-state index contributed by atoms with van der Waals surface area (Å²) in [4.78, 5) is 11.7. The lowest BCUT2D eigenvalue weighted by Crippen LogP contribution is -2.07. The van der Waals surface area contributed by atoms with Crippen LogP contribution < -0.4 is 0 Å². The largest absolute Gasteiger partial charge is 0.462 e. The Morgan fingerprint density at radius 1 is 1.00 bits per heavy atom. The number of carbonyl (C=O) groups excluding carboxylic acids is 1. The molecule has 0 aliphatic rings. The van der Waals surface area contributed by atoms with Gasteiger partial charge >= 0.3 is 5.97 Å². The Hall–Kier alpha value is -1.61. The Morgan fingerprint density at radius 3 is 2.33 bits per heavy atom. The van der Waals surface area contributed by atoms with Gasteiger partial charge in [-0.3, -0.25) is 0 Å². The predicted molar refractivity (Wildman–Crippen MR) is 74.6 cm³/mol. The van der Waals surface area contributed by atoms with Gasteiger partial charge in [-0.2, -0.15) is 0 Å². The summed E-state index contributed by atoms with van der Waals surface area (Å²) in [5.41, 5.74) is 1.74. The van der Waals surface area contributed by atoms with Crippen LogP contribution in [0, 0.1) is 0 Å². The number of benzene rings is 2. The summed E-state index contributed by atoms with van der Waals surface area (Å²) in [5, 5.41) is 0. The molecular formula is C15H13BrO2. The van der Waals surface area contributed by atoms with Crippen LogP contribution in [0.2, 0.25) is 0 Å². The number of ether oxygens (including phenoxy) is 1. The number of hydrogen-bond donors (Lipinski definition) is 0. The molecule has 2 rings (SSSR count). The first-order valence-electron chi connectivity index (χ1n) is 5.72. The van der Waals surface area contributed by atoms with Crippen molar-refractivity contribution in [2.75, 3.05) is 6.61 Å². The van der Waals surface area contributed by atoms with Gasteiger partial charge < -0.3 is 4.74 Å². The molecule has 2 nitrogen and oxygen atoms in total. The molecule has 2 aromatic carbocycles. The van der Waals surface area contributed by atoms with E-state index in [2.05, 4.69) is 15.9 Å². The monoisotopic (exact) mass is 304 g/mol. The smallest absolute Gasteiger partial charge is 0.338 e. The first-order chi connectivity index (χ1) is 8.75. The van der Waals surface area contributed by atoms with Crippen molar-refractivity contribution in [3.05, 3.63) is 70.2 Å². The second kappa shape index (κ2) is 6.36. The summed E-state index contributed by atoms with van der Waals surface area (Å²) in [6, 6.07) is 17.1. The highest BCUT2D eigenvalue weighted by Gasteiger charge is 2.06. The SMILES string of the molecule is O=C(OCCc1ccccc1)c1ccc(Br)cc1. The number of halogens is 1. The minimum atomic E-state index is -0.279. The zero-order valence-corrected chi connectivity index (χ0v) is 11.4. The van der Waals surface area contributed by atoms with Gasteiger partial charge in [-0.25, -0.2) is 4.79 Å². The van der Waals surface area contributed by atoms with E-state index in [9.17, 15) is 4.79 Å². The van der Waals surface area contributed by atoms with Crippen molar-refractivity contribution in [3.63, 3.8) is 0 Å². The molecule has 0 bridgehead atoms. The maximum absolute atomic E-state index is 11.7. The zero-order chi connectivity index (χ0) is 12.8. The topological polar surface area (TPSA) is 26.3 Å². The van der Waals surface area contributed by atoms with E-state index < -0.39 is 0 Å². The maximum Gasteiger partial charge on any atom is 0.338 e. The Bertz CT molecular complexity index is 506. The van der Waals surface area contributed by atoms with Crippen LogP contribution in [0.4, 0.5) is 0 Å². The molecule has 0 unspecified atom stereocenters. The van der Waals surface area contributed by atoms with Gasteiger partial charge in [0.15, 0.2) is 0 Å². The lowest BCUT2D eigenvalue weighted by Gasteiger charge is -2.05. The van der Waals surface area contributed by atoms with E-state index in [1.807, 2.05) is 42.5 Å². The van der Waals surface area contributed by atoms with Crippen molar-refractivity contribution >= 4 is 21.9 Å². The minimum Gasteiger partial charge on any atom is -0.462 e. The summed E-state index contributed by atoms with van der Waals surface area (Å²) in [6.45, 7) is 0.402. The van der Waals surface area contributed by atoms with E-state index in [1.54, 1.807) is 12.1 Å². The lowest BCUT2D eigenvalue weighted by atomic mass is 10.2. The third-order valence-electron chi connectivity index (χ3n) is 2.55. The van der Waals surface area contributed by atoms with Crippen LogP contribution in [0.25, 0.3) is 0 Å². The fraction of sp³-hybridized carbons (Fsp3) is 0.133. The standard InChI is InChI=1S/C15H13BrO2/c16-14-8-6-13(7-9-14)15(17)18-11-10-12-4-2-1-3-5-12/h1-9H,10-11H2. The van der Waals surface area contributed by atoms with Crippen molar-refractivity contribution in [2.24, 2.45) is 0 Å².